The molecule has 1 heterocycles. The Morgan fingerprint density at radius 3 is 2.86 bits per heavy atom. The van der Waals surface area contributed by atoms with E-state index >= 15 is 0 Å². The summed E-state index contributed by atoms with van der Waals surface area (Å²) in [5.74, 6) is 0. The van der Waals surface area contributed by atoms with E-state index in [0.29, 0.717) is 0 Å². The van der Waals surface area contributed by atoms with Gasteiger partial charge in [-0.3, -0.25) is 0 Å². The van der Waals surface area contributed by atoms with Crippen molar-refractivity contribution in [3.05, 3.63) is 18.2 Å². The van der Waals surface area contributed by atoms with Crippen molar-refractivity contribution in [2.24, 2.45) is 0 Å². The van der Waals surface area contributed by atoms with Crippen LogP contribution in [0.3, 0.4) is 0 Å². The highest BCUT2D eigenvalue weighted by Crippen LogP contribution is 1.77. The quantitative estimate of drug-likeness (QED) is 0.453. The SMILES string of the molecule is Cc1cnn[c]n1. The van der Waals surface area contributed by atoms with E-state index in [0.717, 1.165) is 5.69 Å². The van der Waals surface area contributed by atoms with Crippen molar-refractivity contribution in [2.45, 2.75) is 6.92 Å². The Morgan fingerprint density at radius 2 is 2.57 bits per heavy atom. The third-order valence-electron chi connectivity index (χ3n) is 0.573. The minimum Gasteiger partial charge on any atom is -0.227 e. The first-order valence-electron chi connectivity index (χ1n) is 1.92. The number of nitrogens with zero attached hydrogens (tertiary/aromatic N) is 3. The summed E-state index contributed by atoms with van der Waals surface area (Å²) >= 11 is 0. The van der Waals surface area contributed by atoms with Crippen LogP contribution in [-0.2, 0) is 0 Å². The first-order chi connectivity index (χ1) is 3.39. The number of aryl methyl sites for hydroxylation is 1. The van der Waals surface area contributed by atoms with E-state index in [1.807, 2.05) is 6.92 Å². The average molecular weight is 94.1 g/mol. The molecule has 0 saturated carbocycles. The van der Waals surface area contributed by atoms with Gasteiger partial charge >= 0.3 is 0 Å². The van der Waals surface area contributed by atoms with Crippen molar-refractivity contribution < 1.29 is 0 Å². The van der Waals surface area contributed by atoms with Gasteiger partial charge in [-0.2, -0.15) is 5.10 Å². The molecule has 0 aliphatic heterocycles. The molecule has 7 heavy (non-hydrogen) atoms. The summed E-state index contributed by atoms with van der Waals surface area (Å²) in [6.07, 6.45) is 3.93. The molecule has 1 radical (unpaired) electrons. The predicted molar refractivity (Wildman–Crippen MR) is 23.4 cm³/mol. The number of hydrogen-bond donors (Lipinski definition) is 0. The fourth-order valence-corrected chi connectivity index (χ4v) is 0.268. The second-order valence-corrected chi connectivity index (χ2v) is 1.20. The molecule has 3 nitrogen and oxygen atoms in total. The summed E-state index contributed by atoms with van der Waals surface area (Å²) in [5.41, 5.74) is 0.843. The Balaban J connectivity index is 3.02. The largest absolute Gasteiger partial charge is 0.227 e. The molecule has 3 heteroatoms. The van der Waals surface area contributed by atoms with Crippen LogP contribution in [-0.4, -0.2) is 15.2 Å². The van der Waals surface area contributed by atoms with E-state index in [1.165, 1.54) is 0 Å². The highest BCUT2D eigenvalue weighted by atomic mass is 15.1. The summed E-state index contributed by atoms with van der Waals surface area (Å²) in [6.45, 7) is 1.84. The molecule has 0 spiro atoms. The predicted octanol–water partition coefficient (Wildman–Crippen LogP) is -0.0198. The topological polar surface area (TPSA) is 38.7 Å². The summed E-state index contributed by atoms with van der Waals surface area (Å²) in [7, 11) is 0. The van der Waals surface area contributed by atoms with Gasteiger partial charge in [-0.15, -0.1) is 5.10 Å². The molecule has 1 rings (SSSR count). The second-order valence-electron chi connectivity index (χ2n) is 1.20. The molecule has 0 aromatic carbocycles. The van der Waals surface area contributed by atoms with Crippen LogP contribution in [0.25, 0.3) is 0 Å². The molecule has 0 atom stereocenters. The van der Waals surface area contributed by atoms with E-state index in [-0.39, 0.29) is 0 Å². The molecule has 0 fully saturated rings. The standard InChI is InChI=1S/C4H4N3/c1-4-2-6-7-3-5-4/h2H,1H3. The second kappa shape index (κ2) is 1.64. The lowest BCUT2D eigenvalue weighted by atomic mass is 10.6. The van der Waals surface area contributed by atoms with Gasteiger partial charge in [0.25, 0.3) is 0 Å². The van der Waals surface area contributed by atoms with Crippen LogP contribution in [0.1, 0.15) is 5.69 Å². The van der Waals surface area contributed by atoms with E-state index in [2.05, 4.69) is 21.5 Å². The Morgan fingerprint density at radius 1 is 1.71 bits per heavy atom. The molecule has 0 saturated heterocycles. The van der Waals surface area contributed by atoms with Crippen LogP contribution in [0.15, 0.2) is 6.20 Å². The zero-order chi connectivity index (χ0) is 5.11. The zero-order valence-corrected chi connectivity index (χ0v) is 3.92. The lowest BCUT2D eigenvalue weighted by molar-refractivity contribution is 0.928. The van der Waals surface area contributed by atoms with Crippen molar-refractivity contribution in [3.63, 3.8) is 0 Å². The highest BCUT2D eigenvalue weighted by Gasteiger charge is 1.76. The molecule has 1 aromatic rings. The zero-order valence-electron chi connectivity index (χ0n) is 3.92. The molecule has 0 N–H and O–H groups in total. The third kappa shape index (κ3) is 0.924. The molecule has 0 bridgehead atoms. The van der Waals surface area contributed by atoms with Crippen LogP contribution in [0.2, 0.25) is 0 Å². The van der Waals surface area contributed by atoms with Crippen molar-refractivity contribution >= 4 is 0 Å². The number of rotatable bonds is 0. The van der Waals surface area contributed by atoms with Crippen LogP contribution < -0.4 is 0 Å². The van der Waals surface area contributed by atoms with Gasteiger partial charge in [0.15, 0.2) is 0 Å². The van der Waals surface area contributed by atoms with Crippen molar-refractivity contribution in [1.29, 1.82) is 0 Å². The van der Waals surface area contributed by atoms with E-state index < -0.39 is 0 Å². The maximum atomic E-state index is 3.68. The smallest absolute Gasteiger partial charge is 0.221 e. The van der Waals surface area contributed by atoms with Crippen molar-refractivity contribution in [2.75, 3.05) is 0 Å². The minimum atomic E-state index is 0.843. The van der Waals surface area contributed by atoms with Gasteiger partial charge in [-0.1, -0.05) is 0 Å². The first-order valence-corrected chi connectivity index (χ1v) is 1.92. The summed E-state index contributed by atoms with van der Waals surface area (Å²) in [6, 6.07) is 0. The van der Waals surface area contributed by atoms with Crippen LogP contribution in [0, 0.1) is 13.3 Å². The van der Waals surface area contributed by atoms with Crippen molar-refractivity contribution in [1.82, 2.24) is 15.2 Å². The highest BCUT2D eigenvalue weighted by molar-refractivity contribution is 4.83. The monoisotopic (exact) mass is 94.0 g/mol. The fourth-order valence-electron chi connectivity index (χ4n) is 0.268. The average Bonchev–Trinajstić information content (AvgIpc) is 1.69. The maximum Gasteiger partial charge on any atom is 0.221 e. The van der Waals surface area contributed by atoms with Gasteiger partial charge in [-0.05, 0) is 6.92 Å². The van der Waals surface area contributed by atoms with Gasteiger partial charge in [0.1, 0.15) is 0 Å². The minimum absolute atomic E-state index is 0.843. The normalized spacial score (nSPS) is 8.71. The van der Waals surface area contributed by atoms with Gasteiger partial charge in [0.05, 0.1) is 11.9 Å². The Hall–Kier alpha value is -0.990. The summed E-state index contributed by atoms with van der Waals surface area (Å²) < 4.78 is 0. The molecule has 1 aromatic heterocycles. The molecule has 0 unspecified atom stereocenters. The van der Waals surface area contributed by atoms with Crippen LogP contribution in [0.4, 0.5) is 0 Å². The van der Waals surface area contributed by atoms with Crippen LogP contribution >= 0.6 is 0 Å². The van der Waals surface area contributed by atoms with E-state index in [1.54, 1.807) is 6.20 Å². The van der Waals surface area contributed by atoms with Gasteiger partial charge < -0.3 is 0 Å². The maximum absolute atomic E-state index is 3.68. The molecular formula is C4H4N3. The Kier molecular flexibility index (Phi) is 0.978. The summed E-state index contributed by atoms with van der Waals surface area (Å²) in [4.78, 5) is 3.68. The molecule has 0 aliphatic rings. The number of hydrogen-bond acceptors (Lipinski definition) is 3. The van der Waals surface area contributed by atoms with Gasteiger partial charge in [0.2, 0.25) is 6.33 Å². The molecule has 0 aliphatic carbocycles. The molecular weight excluding hydrogens is 90.1 g/mol. The molecule has 0 amide bonds. The lowest BCUT2D eigenvalue weighted by Crippen LogP contribution is -1.84. The fraction of sp³-hybridized carbons (Fsp3) is 0.250. The van der Waals surface area contributed by atoms with E-state index in [9.17, 15) is 0 Å². The van der Waals surface area contributed by atoms with Crippen LogP contribution in [0.5, 0.6) is 0 Å². The van der Waals surface area contributed by atoms with Gasteiger partial charge in [0, 0.05) is 0 Å². The van der Waals surface area contributed by atoms with Crippen molar-refractivity contribution in [3.8, 4) is 0 Å². The van der Waals surface area contributed by atoms with E-state index in [4.69, 9.17) is 0 Å². The Bertz CT molecular complexity index is 137. The lowest BCUT2D eigenvalue weighted by Gasteiger charge is -1.79. The number of aromatic nitrogens is 3. The first kappa shape index (κ1) is 4.18. The summed E-state index contributed by atoms with van der Waals surface area (Å²) in [5, 5.41) is 6.88. The van der Waals surface area contributed by atoms with Gasteiger partial charge in [-0.25, -0.2) is 4.98 Å². The Labute approximate surface area is 41.4 Å². The third-order valence-corrected chi connectivity index (χ3v) is 0.573. The molecule has 35 valence electrons.